The van der Waals surface area contributed by atoms with Gasteiger partial charge in [0.25, 0.3) is 0 Å². The summed E-state index contributed by atoms with van der Waals surface area (Å²) in [7, 11) is 2.76. The lowest BCUT2D eigenvalue weighted by molar-refractivity contribution is -0.419. The quantitative estimate of drug-likeness (QED) is 0.531. The first kappa shape index (κ1) is 18.9. The zero-order valence-corrected chi connectivity index (χ0v) is 14.2. The molecule has 0 unspecified atom stereocenters. The molecule has 1 saturated heterocycles. The van der Waals surface area contributed by atoms with Crippen molar-refractivity contribution in [2.24, 2.45) is 11.8 Å². The molecule has 6 heteroatoms. The van der Waals surface area contributed by atoms with Gasteiger partial charge in [-0.3, -0.25) is 9.59 Å². The van der Waals surface area contributed by atoms with Gasteiger partial charge in [0.2, 0.25) is 0 Å². The normalized spacial score (nSPS) is 29.7. The summed E-state index contributed by atoms with van der Waals surface area (Å²) in [4.78, 5) is 34.3. The Bertz CT molecular complexity index is 383. The molecule has 0 radical (unpaired) electrons. The Hall–Kier alpha value is -1.14. The van der Waals surface area contributed by atoms with Gasteiger partial charge in [-0.25, -0.2) is 9.78 Å². The summed E-state index contributed by atoms with van der Waals surface area (Å²) < 4.78 is 9.52. The molecular formula is C16H28O6. The largest absolute Gasteiger partial charge is 0.469 e. The second kappa shape index (κ2) is 8.48. The van der Waals surface area contributed by atoms with Crippen LogP contribution in [0.1, 0.15) is 52.9 Å². The average molecular weight is 316 g/mol. The lowest BCUT2D eigenvalue weighted by Crippen LogP contribution is -2.45. The summed E-state index contributed by atoms with van der Waals surface area (Å²) >= 11 is 0. The van der Waals surface area contributed by atoms with Gasteiger partial charge in [0, 0.05) is 0 Å². The molecule has 128 valence electrons. The first-order chi connectivity index (χ1) is 10.4. The molecule has 0 aliphatic carbocycles. The molecule has 22 heavy (non-hydrogen) atoms. The number of esters is 2. The fraction of sp³-hybridized carbons (Fsp3) is 0.875. The number of rotatable bonds is 7. The highest BCUT2D eigenvalue weighted by Gasteiger charge is 2.43. The van der Waals surface area contributed by atoms with Gasteiger partial charge < -0.3 is 9.47 Å². The van der Waals surface area contributed by atoms with Gasteiger partial charge in [-0.1, -0.05) is 20.3 Å². The van der Waals surface area contributed by atoms with Gasteiger partial charge in [-0.2, -0.15) is 0 Å². The maximum atomic E-state index is 11.8. The van der Waals surface area contributed by atoms with E-state index in [1.165, 1.54) is 14.2 Å². The first-order valence-electron chi connectivity index (χ1n) is 7.88. The van der Waals surface area contributed by atoms with E-state index in [1.807, 2.05) is 13.8 Å². The van der Waals surface area contributed by atoms with Crippen LogP contribution in [0, 0.1) is 11.8 Å². The van der Waals surface area contributed by atoms with Gasteiger partial charge in [-0.05, 0) is 32.1 Å². The average Bonchev–Trinajstić information content (AvgIpc) is 2.53. The minimum atomic E-state index is -0.553. The smallest absolute Gasteiger partial charge is 0.308 e. The van der Waals surface area contributed by atoms with E-state index in [0.717, 1.165) is 12.8 Å². The molecule has 1 aliphatic rings. The van der Waals surface area contributed by atoms with Gasteiger partial charge in [0.15, 0.2) is 0 Å². The molecule has 4 atom stereocenters. The third-order valence-electron chi connectivity index (χ3n) is 4.42. The third-order valence-corrected chi connectivity index (χ3v) is 4.42. The number of methoxy groups -OCH3 is 2. The molecule has 0 saturated carbocycles. The molecule has 0 aromatic heterocycles. The molecule has 0 N–H and O–H groups in total. The molecule has 1 fully saturated rings. The summed E-state index contributed by atoms with van der Waals surface area (Å²) in [6, 6.07) is 0. The van der Waals surface area contributed by atoms with Crippen molar-refractivity contribution in [1.82, 2.24) is 0 Å². The van der Waals surface area contributed by atoms with Crippen LogP contribution in [0.3, 0.4) is 0 Å². The van der Waals surface area contributed by atoms with Gasteiger partial charge in [0.1, 0.15) is 11.7 Å². The summed E-state index contributed by atoms with van der Waals surface area (Å²) in [5.41, 5.74) is -0.553. The van der Waals surface area contributed by atoms with E-state index in [-0.39, 0.29) is 36.3 Å². The maximum absolute atomic E-state index is 11.8. The Balaban J connectivity index is 2.70. The van der Waals surface area contributed by atoms with Crippen molar-refractivity contribution in [2.45, 2.75) is 64.6 Å². The van der Waals surface area contributed by atoms with Crippen molar-refractivity contribution < 1.29 is 28.8 Å². The standard InChI is InChI=1S/C16H28O6/c1-6-11-9-16(3,10-12(7-2)15(18)20-5)22-21-13(11)8-14(17)19-4/h11-13H,6-10H2,1-5H3/t11-,12-,13-,16-/m1/s1. The van der Waals surface area contributed by atoms with E-state index in [4.69, 9.17) is 19.2 Å². The Kier molecular flexibility index (Phi) is 7.29. The monoisotopic (exact) mass is 316 g/mol. The summed E-state index contributed by atoms with van der Waals surface area (Å²) in [6.07, 6.45) is 2.71. The Morgan fingerprint density at radius 1 is 1.27 bits per heavy atom. The van der Waals surface area contributed by atoms with Crippen LogP contribution in [-0.2, 0) is 28.8 Å². The number of hydrogen-bond donors (Lipinski definition) is 0. The number of carbonyl (C=O) groups is 2. The van der Waals surface area contributed by atoms with E-state index in [1.54, 1.807) is 0 Å². The van der Waals surface area contributed by atoms with Crippen molar-refractivity contribution in [3.8, 4) is 0 Å². The van der Waals surface area contributed by atoms with Crippen LogP contribution in [-0.4, -0.2) is 37.9 Å². The second-order valence-corrected chi connectivity index (χ2v) is 6.15. The van der Waals surface area contributed by atoms with Crippen LogP contribution in [0.5, 0.6) is 0 Å². The molecule has 1 aliphatic heterocycles. The highest BCUT2D eigenvalue weighted by atomic mass is 17.2. The SMILES string of the molecule is CC[C@H](C[C@@]1(C)C[C@@H](CC)[C@@H](CC(=O)OC)OO1)C(=O)OC. The topological polar surface area (TPSA) is 71.1 Å². The van der Waals surface area contributed by atoms with E-state index >= 15 is 0 Å². The Morgan fingerprint density at radius 2 is 1.95 bits per heavy atom. The number of carbonyl (C=O) groups excluding carboxylic acids is 2. The predicted molar refractivity (Wildman–Crippen MR) is 79.8 cm³/mol. The lowest BCUT2D eigenvalue weighted by atomic mass is 9.79. The lowest BCUT2D eigenvalue weighted by Gasteiger charge is -2.41. The van der Waals surface area contributed by atoms with Crippen LogP contribution < -0.4 is 0 Å². The summed E-state index contributed by atoms with van der Waals surface area (Å²) in [6.45, 7) is 5.95. The van der Waals surface area contributed by atoms with Crippen molar-refractivity contribution >= 4 is 11.9 Å². The van der Waals surface area contributed by atoms with E-state index < -0.39 is 5.60 Å². The summed E-state index contributed by atoms with van der Waals surface area (Å²) in [5.74, 6) is -0.560. The van der Waals surface area contributed by atoms with Crippen LogP contribution in [0.4, 0.5) is 0 Å². The predicted octanol–water partition coefficient (Wildman–Crippen LogP) is 2.64. The molecular weight excluding hydrogens is 288 g/mol. The molecule has 6 nitrogen and oxygen atoms in total. The highest BCUT2D eigenvalue weighted by Crippen LogP contribution is 2.39. The Morgan fingerprint density at radius 3 is 2.45 bits per heavy atom. The van der Waals surface area contributed by atoms with Crippen molar-refractivity contribution in [1.29, 1.82) is 0 Å². The van der Waals surface area contributed by atoms with E-state index in [0.29, 0.717) is 12.8 Å². The second-order valence-electron chi connectivity index (χ2n) is 6.15. The minimum absolute atomic E-state index is 0.180. The first-order valence-corrected chi connectivity index (χ1v) is 7.88. The van der Waals surface area contributed by atoms with Gasteiger partial charge in [-0.15, -0.1) is 0 Å². The molecule has 1 rings (SSSR count). The molecule has 0 aromatic carbocycles. The molecule has 0 spiro atoms. The van der Waals surface area contributed by atoms with Crippen molar-refractivity contribution in [3.05, 3.63) is 0 Å². The van der Waals surface area contributed by atoms with E-state index in [2.05, 4.69) is 6.92 Å². The van der Waals surface area contributed by atoms with Crippen LogP contribution in [0.15, 0.2) is 0 Å². The molecule has 1 heterocycles. The van der Waals surface area contributed by atoms with Gasteiger partial charge in [0.05, 0.1) is 26.6 Å². The zero-order chi connectivity index (χ0) is 16.8. The minimum Gasteiger partial charge on any atom is -0.469 e. The number of ether oxygens (including phenoxy) is 2. The zero-order valence-electron chi connectivity index (χ0n) is 14.2. The van der Waals surface area contributed by atoms with Crippen LogP contribution in [0.2, 0.25) is 0 Å². The van der Waals surface area contributed by atoms with Crippen LogP contribution in [0.25, 0.3) is 0 Å². The third kappa shape index (κ3) is 4.95. The van der Waals surface area contributed by atoms with E-state index in [9.17, 15) is 9.59 Å². The molecule has 0 bridgehead atoms. The fourth-order valence-electron chi connectivity index (χ4n) is 3.03. The maximum Gasteiger partial charge on any atom is 0.308 e. The molecule has 0 aromatic rings. The molecule has 0 amide bonds. The highest BCUT2D eigenvalue weighted by molar-refractivity contribution is 5.72. The van der Waals surface area contributed by atoms with Crippen LogP contribution >= 0.6 is 0 Å². The van der Waals surface area contributed by atoms with Crippen molar-refractivity contribution in [2.75, 3.05) is 14.2 Å². The van der Waals surface area contributed by atoms with Gasteiger partial charge >= 0.3 is 11.9 Å². The van der Waals surface area contributed by atoms with Crippen molar-refractivity contribution in [3.63, 3.8) is 0 Å². The summed E-state index contributed by atoms with van der Waals surface area (Å²) in [5, 5.41) is 0. The number of hydrogen-bond acceptors (Lipinski definition) is 6. The fourth-order valence-corrected chi connectivity index (χ4v) is 3.03. The Labute approximate surface area is 132 Å².